The first-order valence-corrected chi connectivity index (χ1v) is 9.39. The molecule has 2 fully saturated rings. The number of hydrogen-bond donors (Lipinski definition) is 0. The second-order valence-electron chi connectivity index (χ2n) is 7.96. The molecule has 0 radical (unpaired) electrons. The summed E-state index contributed by atoms with van der Waals surface area (Å²) in [6.45, 7) is 13.0. The van der Waals surface area contributed by atoms with Crippen LogP contribution in [0.3, 0.4) is 0 Å². The molecule has 0 atom stereocenters. The summed E-state index contributed by atoms with van der Waals surface area (Å²) in [7, 11) is -0.315. The Balaban J connectivity index is 1.78. The maximum Gasteiger partial charge on any atom is 0.495 e. The Labute approximate surface area is 149 Å². The van der Waals surface area contributed by atoms with Gasteiger partial charge in [-0.15, -0.1) is 0 Å². The molecular formula is C18H27BBrNO2. The largest absolute Gasteiger partial charge is 0.495 e. The van der Waals surface area contributed by atoms with Crippen LogP contribution in [0.2, 0.25) is 0 Å². The van der Waals surface area contributed by atoms with Gasteiger partial charge in [-0.1, -0.05) is 28.9 Å². The average molecular weight is 380 g/mol. The van der Waals surface area contributed by atoms with E-state index in [2.05, 4.69) is 73.6 Å². The molecule has 1 aromatic rings. The molecule has 3 nitrogen and oxygen atoms in total. The molecule has 0 aromatic heterocycles. The van der Waals surface area contributed by atoms with Crippen LogP contribution in [0.4, 0.5) is 5.69 Å². The van der Waals surface area contributed by atoms with Crippen molar-refractivity contribution in [3.8, 4) is 0 Å². The topological polar surface area (TPSA) is 21.7 Å². The molecule has 0 saturated carbocycles. The van der Waals surface area contributed by atoms with E-state index in [4.69, 9.17) is 9.31 Å². The van der Waals surface area contributed by atoms with Crippen molar-refractivity contribution in [1.29, 1.82) is 0 Å². The molecule has 0 unspecified atom stereocenters. The molecule has 0 aliphatic carbocycles. The number of halogens is 1. The molecule has 2 heterocycles. The maximum absolute atomic E-state index is 6.16. The number of nitrogens with zero attached hydrogens (tertiary/aromatic N) is 1. The van der Waals surface area contributed by atoms with Crippen molar-refractivity contribution in [2.75, 3.05) is 18.0 Å². The zero-order chi connectivity index (χ0) is 16.8. The van der Waals surface area contributed by atoms with Crippen LogP contribution in [0.5, 0.6) is 0 Å². The Morgan fingerprint density at radius 1 is 1.09 bits per heavy atom. The summed E-state index contributed by atoms with van der Waals surface area (Å²) in [6.07, 6.45) is 2.55. The smallest absolute Gasteiger partial charge is 0.399 e. The van der Waals surface area contributed by atoms with Crippen molar-refractivity contribution < 1.29 is 9.31 Å². The predicted molar refractivity (Wildman–Crippen MR) is 100 cm³/mol. The van der Waals surface area contributed by atoms with Crippen molar-refractivity contribution in [3.63, 3.8) is 0 Å². The SMILES string of the molecule is CC1CCN(c2ccc(B3OC(C)(C)C(C)(C)O3)c(Br)c2)CC1. The second kappa shape index (κ2) is 6.09. The van der Waals surface area contributed by atoms with Crippen molar-refractivity contribution in [1.82, 2.24) is 0 Å². The minimum Gasteiger partial charge on any atom is -0.399 e. The van der Waals surface area contributed by atoms with Gasteiger partial charge in [0, 0.05) is 23.2 Å². The third kappa shape index (κ3) is 3.33. The number of piperidine rings is 1. The fourth-order valence-corrected chi connectivity index (χ4v) is 3.69. The Morgan fingerprint density at radius 3 is 2.17 bits per heavy atom. The normalized spacial score (nSPS) is 24.3. The highest BCUT2D eigenvalue weighted by molar-refractivity contribution is 9.10. The molecule has 0 spiro atoms. The minimum absolute atomic E-state index is 0.307. The highest BCUT2D eigenvalue weighted by Gasteiger charge is 2.52. The third-order valence-corrected chi connectivity index (χ3v) is 6.33. The van der Waals surface area contributed by atoms with E-state index in [1.165, 1.54) is 18.5 Å². The average Bonchev–Trinajstić information content (AvgIpc) is 2.68. The summed E-state index contributed by atoms with van der Waals surface area (Å²) in [5, 5.41) is 0. The van der Waals surface area contributed by atoms with Gasteiger partial charge in [0.2, 0.25) is 0 Å². The first-order chi connectivity index (χ1) is 10.7. The van der Waals surface area contributed by atoms with Crippen LogP contribution in [0.1, 0.15) is 47.5 Å². The van der Waals surface area contributed by atoms with Crippen LogP contribution in [0.25, 0.3) is 0 Å². The van der Waals surface area contributed by atoms with E-state index >= 15 is 0 Å². The van der Waals surface area contributed by atoms with Crippen LogP contribution in [-0.4, -0.2) is 31.4 Å². The van der Waals surface area contributed by atoms with Gasteiger partial charge >= 0.3 is 7.12 Å². The molecule has 2 saturated heterocycles. The van der Waals surface area contributed by atoms with Gasteiger partial charge in [0.1, 0.15) is 0 Å². The lowest BCUT2D eigenvalue weighted by molar-refractivity contribution is 0.00578. The lowest BCUT2D eigenvalue weighted by Crippen LogP contribution is -2.41. The molecule has 2 aliphatic rings. The predicted octanol–water partition coefficient (Wildman–Crippen LogP) is 3.98. The van der Waals surface area contributed by atoms with Crippen molar-refractivity contribution >= 4 is 34.2 Å². The fraction of sp³-hybridized carbons (Fsp3) is 0.667. The monoisotopic (exact) mass is 379 g/mol. The fourth-order valence-electron chi connectivity index (χ4n) is 3.14. The second-order valence-corrected chi connectivity index (χ2v) is 8.82. The summed E-state index contributed by atoms with van der Waals surface area (Å²) in [5.41, 5.74) is 1.74. The van der Waals surface area contributed by atoms with Crippen molar-refractivity contribution in [3.05, 3.63) is 22.7 Å². The highest BCUT2D eigenvalue weighted by atomic mass is 79.9. The lowest BCUT2D eigenvalue weighted by Gasteiger charge is -2.32. The molecule has 5 heteroatoms. The zero-order valence-electron chi connectivity index (χ0n) is 14.9. The molecule has 1 aromatic carbocycles. The molecule has 0 amide bonds. The minimum atomic E-state index is -0.315. The lowest BCUT2D eigenvalue weighted by atomic mass is 9.79. The summed E-state index contributed by atoms with van der Waals surface area (Å²) < 4.78 is 13.4. The van der Waals surface area contributed by atoms with Gasteiger partial charge in [-0.25, -0.2) is 0 Å². The van der Waals surface area contributed by atoms with E-state index < -0.39 is 0 Å². The number of benzene rings is 1. The number of anilines is 1. The molecule has 126 valence electrons. The van der Waals surface area contributed by atoms with Gasteiger partial charge < -0.3 is 14.2 Å². The Bertz CT molecular complexity index is 566. The first-order valence-electron chi connectivity index (χ1n) is 8.60. The summed E-state index contributed by atoms with van der Waals surface area (Å²) in [4.78, 5) is 2.47. The first kappa shape index (κ1) is 17.3. The standard InChI is InChI=1S/C18H27BBrNO2/c1-13-8-10-21(11-9-13)14-6-7-15(16(20)12-14)19-22-17(2,3)18(4,5)23-19/h6-7,12-13H,8-11H2,1-5H3. The van der Waals surface area contributed by atoms with Gasteiger partial charge in [0.25, 0.3) is 0 Å². The van der Waals surface area contributed by atoms with E-state index in [0.29, 0.717) is 0 Å². The summed E-state index contributed by atoms with van der Waals surface area (Å²) in [6, 6.07) is 6.54. The zero-order valence-corrected chi connectivity index (χ0v) is 16.4. The Hall–Kier alpha value is -0.515. The van der Waals surface area contributed by atoms with Gasteiger partial charge in [-0.3, -0.25) is 0 Å². The summed E-state index contributed by atoms with van der Waals surface area (Å²) in [5.74, 6) is 0.846. The van der Waals surface area contributed by atoms with Gasteiger partial charge in [0.05, 0.1) is 11.2 Å². The van der Waals surface area contributed by atoms with E-state index in [9.17, 15) is 0 Å². The van der Waals surface area contributed by atoms with Crippen LogP contribution >= 0.6 is 15.9 Å². The molecule has 3 rings (SSSR count). The van der Waals surface area contributed by atoms with Gasteiger partial charge in [-0.2, -0.15) is 0 Å². The molecule has 0 N–H and O–H groups in total. The summed E-state index contributed by atoms with van der Waals surface area (Å²) >= 11 is 3.72. The van der Waals surface area contributed by atoms with Gasteiger partial charge in [0.15, 0.2) is 0 Å². The van der Waals surface area contributed by atoms with E-state index in [1.54, 1.807) is 0 Å². The van der Waals surface area contributed by atoms with E-state index in [1.807, 2.05) is 0 Å². The van der Waals surface area contributed by atoms with E-state index in [-0.39, 0.29) is 18.3 Å². The van der Waals surface area contributed by atoms with Crippen LogP contribution in [-0.2, 0) is 9.31 Å². The maximum atomic E-state index is 6.16. The number of hydrogen-bond acceptors (Lipinski definition) is 3. The van der Waals surface area contributed by atoms with E-state index in [0.717, 1.165) is 28.9 Å². The Kier molecular flexibility index (Phi) is 4.58. The van der Waals surface area contributed by atoms with Crippen molar-refractivity contribution in [2.24, 2.45) is 5.92 Å². The van der Waals surface area contributed by atoms with Crippen LogP contribution in [0, 0.1) is 5.92 Å². The Morgan fingerprint density at radius 2 is 1.65 bits per heavy atom. The molecule has 23 heavy (non-hydrogen) atoms. The van der Waals surface area contributed by atoms with Crippen LogP contribution in [0.15, 0.2) is 22.7 Å². The molecule has 0 bridgehead atoms. The number of rotatable bonds is 2. The third-order valence-electron chi connectivity index (χ3n) is 5.64. The van der Waals surface area contributed by atoms with Crippen LogP contribution < -0.4 is 10.4 Å². The molecular weight excluding hydrogens is 353 g/mol. The van der Waals surface area contributed by atoms with Crippen molar-refractivity contribution in [2.45, 2.75) is 58.7 Å². The quantitative estimate of drug-likeness (QED) is 0.725. The molecule has 2 aliphatic heterocycles. The highest BCUT2D eigenvalue weighted by Crippen LogP contribution is 2.37. The van der Waals surface area contributed by atoms with Gasteiger partial charge in [-0.05, 0) is 64.1 Å².